The van der Waals surface area contributed by atoms with Crippen molar-refractivity contribution in [2.45, 2.75) is 31.6 Å². The number of likely N-dealkylation sites (N-methyl/N-ethyl adjacent to an activating group) is 1. The number of rotatable bonds is 3. The summed E-state index contributed by atoms with van der Waals surface area (Å²) in [6.45, 7) is 3.57. The molecule has 0 aliphatic carbocycles. The molecule has 22 heavy (non-hydrogen) atoms. The fourth-order valence-electron chi connectivity index (χ4n) is 3.54. The summed E-state index contributed by atoms with van der Waals surface area (Å²) in [5.74, 6) is 0.685. The van der Waals surface area contributed by atoms with E-state index in [1.807, 2.05) is 24.3 Å². The van der Waals surface area contributed by atoms with E-state index in [-0.39, 0.29) is 11.6 Å². The standard InChI is InChI=1S/C18H20N2O2/c1-18-10-11-21-17(18)20(2)14-8-9-15(19-16(14)18)22-12-13-6-4-3-5-7-13/h3-9,17H,10-12H2,1-2H3/t17-,18-/m0/s1. The van der Waals surface area contributed by atoms with Gasteiger partial charge in [0, 0.05) is 13.1 Å². The van der Waals surface area contributed by atoms with Crippen molar-refractivity contribution in [3.63, 3.8) is 0 Å². The van der Waals surface area contributed by atoms with Gasteiger partial charge in [-0.25, -0.2) is 4.98 Å². The van der Waals surface area contributed by atoms with E-state index in [1.54, 1.807) is 0 Å². The van der Waals surface area contributed by atoms with Crippen molar-refractivity contribution in [1.82, 2.24) is 4.98 Å². The van der Waals surface area contributed by atoms with Gasteiger partial charge in [0.15, 0.2) is 0 Å². The lowest BCUT2D eigenvalue weighted by molar-refractivity contribution is 0.0913. The van der Waals surface area contributed by atoms with Gasteiger partial charge in [-0.1, -0.05) is 30.3 Å². The van der Waals surface area contributed by atoms with Gasteiger partial charge in [0.25, 0.3) is 0 Å². The third-order valence-electron chi connectivity index (χ3n) is 4.79. The maximum atomic E-state index is 5.89. The first-order valence-electron chi connectivity index (χ1n) is 7.71. The summed E-state index contributed by atoms with van der Waals surface area (Å²) in [5, 5.41) is 0. The van der Waals surface area contributed by atoms with Gasteiger partial charge in [0.1, 0.15) is 12.8 Å². The lowest BCUT2D eigenvalue weighted by Crippen LogP contribution is -2.37. The Balaban J connectivity index is 1.60. The van der Waals surface area contributed by atoms with Crippen molar-refractivity contribution < 1.29 is 9.47 Å². The second kappa shape index (κ2) is 4.99. The molecule has 2 atom stereocenters. The molecule has 2 aliphatic heterocycles. The number of anilines is 1. The quantitative estimate of drug-likeness (QED) is 0.871. The van der Waals surface area contributed by atoms with Crippen LogP contribution in [0.1, 0.15) is 24.6 Å². The smallest absolute Gasteiger partial charge is 0.213 e. The van der Waals surface area contributed by atoms with Gasteiger partial charge in [-0.3, -0.25) is 0 Å². The van der Waals surface area contributed by atoms with E-state index < -0.39 is 0 Å². The summed E-state index contributed by atoms with van der Waals surface area (Å²) < 4.78 is 11.8. The first-order valence-corrected chi connectivity index (χ1v) is 7.71. The van der Waals surface area contributed by atoms with E-state index in [0.717, 1.165) is 30.0 Å². The van der Waals surface area contributed by atoms with Crippen molar-refractivity contribution in [3.05, 3.63) is 53.7 Å². The van der Waals surface area contributed by atoms with Gasteiger partial charge in [-0.2, -0.15) is 0 Å². The number of nitrogens with zero attached hydrogens (tertiary/aromatic N) is 2. The SMILES string of the molecule is CN1c2ccc(OCc3ccccc3)nc2[C@]2(C)CCO[C@H]12. The van der Waals surface area contributed by atoms with Crippen LogP contribution in [0.15, 0.2) is 42.5 Å². The van der Waals surface area contributed by atoms with Gasteiger partial charge in [-0.05, 0) is 25.0 Å². The zero-order valence-electron chi connectivity index (χ0n) is 13.0. The summed E-state index contributed by atoms with van der Waals surface area (Å²) in [6.07, 6.45) is 1.10. The maximum absolute atomic E-state index is 5.89. The first-order chi connectivity index (χ1) is 10.7. The summed E-state index contributed by atoms with van der Waals surface area (Å²) in [6, 6.07) is 14.2. The molecule has 0 spiro atoms. The normalized spacial score (nSPS) is 25.9. The molecule has 3 heterocycles. The predicted molar refractivity (Wildman–Crippen MR) is 85.1 cm³/mol. The van der Waals surface area contributed by atoms with Crippen LogP contribution in [0.4, 0.5) is 5.69 Å². The zero-order chi connectivity index (χ0) is 15.2. The number of ether oxygens (including phenoxy) is 2. The Labute approximate surface area is 130 Å². The van der Waals surface area contributed by atoms with Crippen LogP contribution in [0.5, 0.6) is 5.88 Å². The number of pyridine rings is 1. The molecule has 1 fully saturated rings. The minimum Gasteiger partial charge on any atom is -0.473 e. The highest BCUT2D eigenvalue weighted by atomic mass is 16.5. The van der Waals surface area contributed by atoms with E-state index in [1.165, 1.54) is 0 Å². The fourth-order valence-corrected chi connectivity index (χ4v) is 3.54. The molecule has 0 N–H and O–H groups in total. The fraction of sp³-hybridized carbons (Fsp3) is 0.389. The highest BCUT2D eigenvalue weighted by Gasteiger charge is 2.52. The Kier molecular flexibility index (Phi) is 3.08. The summed E-state index contributed by atoms with van der Waals surface area (Å²) in [4.78, 5) is 6.98. The monoisotopic (exact) mass is 296 g/mol. The number of benzene rings is 1. The van der Waals surface area contributed by atoms with E-state index in [0.29, 0.717) is 12.5 Å². The number of hydrogen-bond donors (Lipinski definition) is 0. The van der Waals surface area contributed by atoms with Crippen LogP contribution in [0.3, 0.4) is 0 Å². The Morgan fingerprint density at radius 1 is 1.27 bits per heavy atom. The molecular formula is C18H20N2O2. The maximum Gasteiger partial charge on any atom is 0.213 e. The van der Waals surface area contributed by atoms with Crippen LogP contribution in [0.2, 0.25) is 0 Å². The Morgan fingerprint density at radius 2 is 2.09 bits per heavy atom. The molecule has 0 radical (unpaired) electrons. The number of fused-ring (bicyclic) bond motifs is 3. The second-order valence-corrected chi connectivity index (χ2v) is 6.29. The minimum atomic E-state index is -0.0315. The van der Waals surface area contributed by atoms with Crippen LogP contribution >= 0.6 is 0 Å². The zero-order valence-corrected chi connectivity index (χ0v) is 13.0. The van der Waals surface area contributed by atoms with Crippen molar-refractivity contribution in [2.75, 3.05) is 18.6 Å². The third kappa shape index (κ3) is 1.98. The van der Waals surface area contributed by atoms with E-state index in [9.17, 15) is 0 Å². The average molecular weight is 296 g/mol. The van der Waals surface area contributed by atoms with Crippen molar-refractivity contribution in [1.29, 1.82) is 0 Å². The Hall–Kier alpha value is -2.07. The molecule has 4 rings (SSSR count). The van der Waals surface area contributed by atoms with E-state index in [4.69, 9.17) is 14.5 Å². The molecule has 4 nitrogen and oxygen atoms in total. The molecule has 2 aliphatic rings. The molecule has 1 aromatic carbocycles. The van der Waals surface area contributed by atoms with E-state index in [2.05, 4.69) is 37.1 Å². The summed E-state index contributed by atoms with van der Waals surface area (Å²) >= 11 is 0. The average Bonchev–Trinajstić information content (AvgIpc) is 3.03. The molecule has 1 saturated heterocycles. The molecule has 4 heteroatoms. The van der Waals surface area contributed by atoms with Crippen molar-refractivity contribution >= 4 is 5.69 Å². The van der Waals surface area contributed by atoms with Gasteiger partial charge in [0.2, 0.25) is 5.88 Å². The van der Waals surface area contributed by atoms with Crippen LogP contribution in [0, 0.1) is 0 Å². The Morgan fingerprint density at radius 3 is 2.91 bits per heavy atom. The largest absolute Gasteiger partial charge is 0.473 e. The van der Waals surface area contributed by atoms with Crippen LogP contribution in [0.25, 0.3) is 0 Å². The van der Waals surface area contributed by atoms with Crippen LogP contribution in [-0.2, 0) is 16.8 Å². The third-order valence-corrected chi connectivity index (χ3v) is 4.79. The van der Waals surface area contributed by atoms with Gasteiger partial charge in [-0.15, -0.1) is 0 Å². The molecule has 0 unspecified atom stereocenters. The molecule has 0 bridgehead atoms. The van der Waals surface area contributed by atoms with Crippen LogP contribution < -0.4 is 9.64 Å². The number of aromatic nitrogens is 1. The van der Waals surface area contributed by atoms with Gasteiger partial charge < -0.3 is 14.4 Å². The second-order valence-electron chi connectivity index (χ2n) is 6.29. The number of hydrogen-bond acceptors (Lipinski definition) is 4. The highest BCUT2D eigenvalue weighted by molar-refractivity contribution is 5.61. The molecule has 0 saturated carbocycles. The molecular weight excluding hydrogens is 276 g/mol. The Bertz CT molecular complexity index is 689. The highest BCUT2D eigenvalue weighted by Crippen LogP contribution is 2.49. The van der Waals surface area contributed by atoms with E-state index >= 15 is 0 Å². The molecule has 1 aromatic heterocycles. The van der Waals surface area contributed by atoms with Crippen molar-refractivity contribution in [3.8, 4) is 5.88 Å². The minimum absolute atomic E-state index is 0.0315. The van der Waals surface area contributed by atoms with Crippen LogP contribution in [-0.4, -0.2) is 24.9 Å². The van der Waals surface area contributed by atoms with Gasteiger partial charge in [0.05, 0.1) is 23.4 Å². The summed E-state index contributed by atoms with van der Waals surface area (Å²) in [7, 11) is 2.08. The molecule has 0 amide bonds. The molecule has 114 valence electrons. The van der Waals surface area contributed by atoms with Gasteiger partial charge >= 0.3 is 0 Å². The lowest BCUT2D eigenvalue weighted by Gasteiger charge is -2.25. The molecule has 2 aromatic rings. The van der Waals surface area contributed by atoms with Crippen molar-refractivity contribution in [2.24, 2.45) is 0 Å². The first kappa shape index (κ1) is 13.6. The predicted octanol–water partition coefficient (Wildman–Crippen LogP) is 3.11. The lowest BCUT2D eigenvalue weighted by atomic mass is 9.85. The summed E-state index contributed by atoms with van der Waals surface area (Å²) in [5.41, 5.74) is 3.37. The topological polar surface area (TPSA) is 34.6 Å².